The second-order valence-electron chi connectivity index (χ2n) is 3.74. The van der Waals surface area contributed by atoms with Gasteiger partial charge in [-0.1, -0.05) is 0 Å². The minimum absolute atomic E-state index is 0.603. The molecule has 0 aromatic heterocycles. The minimum atomic E-state index is -0.663. The van der Waals surface area contributed by atoms with Crippen LogP contribution in [0, 0.1) is 0 Å². The quantitative estimate of drug-likeness (QED) is 0.720. The number of carboxylic acid groups (broad SMARTS) is 1. The van der Waals surface area contributed by atoms with Crippen molar-refractivity contribution in [1.82, 2.24) is 4.90 Å². The van der Waals surface area contributed by atoms with Gasteiger partial charge in [-0.3, -0.25) is 9.69 Å². The molecule has 0 radical (unpaired) electrons. The van der Waals surface area contributed by atoms with Crippen molar-refractivity contribution in [2.24, 2.45) is 0 Å². The molecular weight excluding hydrogens is 202 g/mol. The zero-order chi connectivity index (χ0) is 10.0. The Bertz CT molecular complexity index is 222. The van der Waals surface area contributed by atoms with E-state index in [4.69, 9.17) is 4.74 Å². The van der Waals surface area contributed by atoms with Gasteiger partial charge in [0, 0.05) is 18.8 Å². The number of carboxylic acids is 1. The second kappa shape index (κ2) is 4.08. The van der Waals surface area contributed by atoms with E-state index in [9.17, 15) is 9.90 Å². The normalized spacial score (nSPS) is 34.6. The molecule has 4 nitrogen and oxygen atoms in total. The maximum Gasteiger partial charge on any atom is 0.325 e. The van der Waals surface area contributed by atoms with Gasteiger partial charge in [0.15, 0.2) is 0 Å². The Morgan fingerprint density at radius 3 is 2.64 bits per heavy atom. The first-order chi connectivity index (χ1) is 6.76. The monoisotopic (exact) mass is 217 g/mol. The fourth-order valence-corrected chi connectivity index (χ4v) is 3.51. The number of hydrogen-bond acceptors (Lipinski definition) is 4. The van der Waals surface area contributed by atoms with E-state index in [-0.39, 0.29) is 0 Å². The lowest BCUT2D eigenvalue weighted by Gasteiger charge is -2.39. The summed E-state index contributed by atoms with van der Waals surface area (Å²) in [5.41, 5.74) is -0.603. The third-order valence-corrected chi connectivity index (χ3v) is 4.19. The summed E-state index contributed by atoms with van der Waals surface area (Å²) in [5, 5.41) is 9.32. The first kappa shape index (κ1) is 10.3. The number of aliphatic carboxylic acids is 1. The predicted octanol–water partition coefficient (Wildman–Crippen LogP) is 0.279. The van der Waals surface area contributed by atoms with E-state index in [2.05, 4.69) is 4.90 Å². The van der Waals surface area contributed by atoms with Crippen LogP contribution in [-0.4, -0.2) is 59.3 Å². The van der Waals surface area contributed by atoms with Gasteiger partial charge >= 0.3 is 5.97 Å². The zero-order valence-electron chi connectivity index (χ0n) is 8.07. The first-order valence-electron chi connectivity index (χ1n) is 4.90. The van der Waals surface area contributed by atoms with E-state index < -0.39 is 11.5 Å². The van der Waals surface area contributed by atoms with Crippen LogP contribution < -0.4 is 0 Å². The molecule has 0 spiro atoms. The molecule has 2 aliphatic rings. The first-order valence-corrected chi connectivity index (χ1v) is 6.05. The molecule has 2 aliphatic heterocycles. The summed E-state index contributed by atoms with van der Waals surface area (Å²) in [4.78, 5) is 13.4. The standard InChI is InChI=1S/C9H15NO3S/c11-8(12)9(1-6-14-7-9)10-2-4-13-5-3-10/h1-7H2,(H,11,12). The van der Waals surface area contributed by atoms with Crippen molar-refractivity contribution in [2.75, 3.05) is 37.8 Å². The van der Waals surface area contributed by atoms with Crippen LogP contribution in [0.4, 0.5) is 0 Å². The molecule has 2 heterocycles. The van der Waals surface area contributed by atoms with E-state index in [0.717, 1.165) is 31.0 Å². The van der Waals surface area contributed by atoms with Crippen LogP contribution in [0.25, 0.3) is 0 Å². The highest BCUT2D eigenvalue weighted by molar-refractivity contribution is 7.99. The minimum Gasteiger partial charge on any atom is -0.480 e. The van der Waals surface area contributed by atoms with Gasteiger partial charge in [0.1, 0.15) is 5.54 Å². The summed E-state index contributed by atoms with van der Waals surface area (Å²) in [6.45, 7) is 2.85. The smallest absolute Gasteiger partial charge is 0.325 e. The molecule has 1 atom stereocenters. The number of ether oxygens (including phenoxy) is 1. The van der Waals surface area contributed by atoms with Crippen molar-refractivity contribution < 1.29 is 14.6 Å². The van der Waals surface area contributed by atoms with E-state index in [1.807, 2.05) is 0 Å². The van der Waals surface area contributed by atoms with Crippen LogP contribution in [0.15, 0.2) is 0 Å². The highest BCUT2D eigenvalue weighted by Gasteiger charge is 2.47. The maximum atomic E-state index is 11.3. The molecule has 1 N–H and O–H groups in total. The summed E-state index contributed by atoms with van der Waals surface area (Å²) >= 11 is 1.74. The Morgan fingerprint density at radius 2 is 2.14 bits per heavy atom. The Hall–Kier alpha value is -0.260. The van der Waals surface area contributed by atoms with E-state index in [0.29, 0.717) is 13.2 Å². The van der Waals surface area contributed by atoms with Gasteiger partial charge in [0.2, 0.25) is 0 Å². The molecular formula is C9H15NO3S. The lowest BCUT2D eigenvalue weighted by atomic mass is 9.96. The second-order valence-corrected chi connectivity index (χ2v) is 4.84. The Balaban J connectivity index is 2.12. The molecule has 0 aromatic carbocycles. The van der Waals surface area contributed by atoms with Gasteiger partial charge in [0.25, 0.3) is 0 Å². The van der Waals surface area contributed by atoms with Gasteiger partial charge in [-0.15, -0.1) is 0 Å². The highest BCUT2D eigenvalue weighted by Crippen LogP contribution is 2.34. The molecule has 2 saturated heterocycles. The van der Waals surface area contributed by atoms with Crippen molar-refractivity contribution in [1.29, 1.82) is 0 Å². The van der Waals surface area contributed by atoms with Crippen LogP contribution in [0.2, 0.25) is 0 Å². The molecule has 2 rings (SSSR count). The number of nitrogens with zero attached hydrogens (tertiary/aromatic N) is 1. The summed E-state index contributed by atoms with van der Waals surface area (Å²) in [6, 6.07) is 0. The molecule has 14 heavy (non-hydrogen) atoms. The number of morpholine rings is 1. The van der Waals surface area contributed by atoms with Crippen LogP contribution in [0.5, 0.6) is 0 Å². The van der Waals surface area contributed by atoms with Crippen molar-refractivity contribution in [3.63, 3.8) is 0 Å². The van der Waals surface area contributed by atoms with Crippen LogP contribution in [0.1, 0.15) is 6.42 Å². The summed E-state index contributed by atoms with van der Waals surface area (Å²) in [6.07, 6.45) is 0.771. The molecule has 5 heteroatoms. The summed E-state index contributed by atoms with van der Waals surface area (Å²) in [5.74, 6) is 1.02. The van der Waals surface area contributed by atoms with Gasteiger partial charge in [-0.2, -0.15) is 11.8 Å². The van der Waals surface area contributed by atoms with Gasteiger partial charge in [-0.05, 0) is 12.2 Å². The van der Waals surface area contributed by atoms with Crippen molar-refractivity contribution in [2.45, 2.75) is 12.0 Å². The van der Waals surface area contributed by atoms with E-state index >= 15 is 0 Å². The molecule has 0 bridgehead atoms. The van der Waals surface area contributed by atoms with Crippen LogP contribution in [0.3, 0.4) is 0 Å². The van der Waals surface area contributed by atoms with Crippen LogP contribution in [-0.2, 0) is 9.53 Å². The number of thioether (sulfide) groups is 1. The molecule has 0 aliphatic carbocycles. The SMILES string of the molecule is O=C(O)C1(N2CCOCC2)CCSC1. The van der Waals surface area contributed by atoms with E-state index in [1.165, 1.54) is 0 Å². The average Bonchev–Trinajstić information content (AvgIpc) is 2.69. The largest absolute Gasteiger partial charge is 0.480 e. The fourth-order valence-electron chi connectivity index (χ4n) is 2.10. The van der Waals surface area contributed by atoms with Gasteiger partial charge < -0.3 is 9.84 Å². The lowest BCUT2D eigenvalue weighted by Crippen LogP contribution is -2.58. The Labute approximate surface area is 87.6 Å². The van der Waals surface area contributed by atoms with E-state index in [1.54, 1.807) is 11.8 Å². The molecule has 0 saturated carbocycles. The Morgan fingerprint density at radius 1 is 1.43 bits per heavy atom. The summed E-state index contributed by atoms with van der Waals surface area (Å²) in [7, 11) is 0. The molecule has 80 valence electrons. The topological polar surface area (TPSA) is 49.8 Å². The third kappa shape index (κ3) is 1.64. The number of rotatable bonds is 2. The Kier molecular flexibility index (Phi) is 2.99. The lowest BCUT2D eigenvalue weighted by molar-refractivity contribution is -0.152. The average molecular weight is 217 g/mol. The van der Waals surface area contributed by atoms with Gasteiger partial charge in [-0.25, -0.2) is 0 Å². The molecule has 0 aromatic rings. The van der Waals surface area contributed by atoms with Gasteiger partial charge in [0.05, 0.1) is 13.2 Å². The van der Waals surface area contributed by atoms with Crippen molar-refractivity contribution >= 4 is 17.7 Å². The van der Waals surface area contributed by atoms with Crippen molar-refractivity contribution in [3.8, 4) is 0 Å². The molecule has 2 fully saturated rings. The zero-order valence-corrected chi connectivity index (χ0v) is 8.89. The van der Waals surface area contributed by atoms with Crippen molar-refractivity contribution in [3.05, 3.63) is 0 Å². The summed E-state index contributed by atoms with van der Waals surface area (Å²) < 4.78 is 5.24. The molecule has 1 unspecified atom stereocenters. The predicted molar refractivity (Wildman–Crippen MR) is 54.7 cm³/mol. The fraction of sp³-hybridized carbons (Fsp3) is 0.889. The third-order valence-electron chi connectivity index (χ3n) is 3.02. The highest BCUT2D eigenvalue weighted by atomic mass is 32.2. The number of hydrogen-bond donors (Lipinski definition) is 1. The molecule has 0 amide bonds. The van der Waals surface area contributed by atoms with Crippen LogP contribution >= 0.6 is 11.8 Å². The maximum absolute atomic E-state index is 11.3. The number of carbonyl (C=O) groups is 1.